The number of rotatable bonds is 7. The molecule has 0 atom stereocenters. The van der Waals surface area contributed by atoms with Crippen LogP contribution in [0.1, 0.15) is 30.1 Å². The molecule has 0 bridgehead atoms. The molecule has 1 aromatic carbocycles. The molecule has 0 radical (unpaired) electrons. The molecule has 1 aromatic rings. The minimum absolute atomic E-state index is 0.0127. The standard InChI is InChI=1S/C13H19FN4O2/c1-2-4-18-12(19)3-5-17-11-6-8(13(16)20)10(15)7-9(11)14/h6-7,17H,2-5,15H2,1H3,(H2,16,20)(H,18,19). The van der Waals surface area contributed by atoms with Crippen LogP contribution in [-0.4, -0.2) is 24.9 Å². The Labute approximate surface area is 116 Å². The van der Waals surface area contributed by atoms with E-state index in [9.17, 15) is 14.0 Å². The minimum atomic E-state index is -0.730. The first-order valence-electron chi connectivity index (χ1n) is 6.35. The zero-order valence-corrected chi connectivity index (χ0v) is 11.3. The highest BCUT2D eigenvalue weighted by Gasteiger charge is 2.11. The number of nitrogen functional groups attached to an aromatic ring is 1. The van der Waals surface area contributed by atoms with Crippen molar-refractivity contribution in [2.24, 2.45) is 5.73 Å². The largest absolute Gasteiger partial charge is 0.398 e. The summed E-state index contributed by atoms with van der Waals surface area (Å²) in [6, 6.07) is 2.27. The topological polar surface area (TPSA) is 110 Å². The second-order valence-electron chi connectivity index (χ2n) is 4.31. The van der Waals surface area contributed by atoms with Crippen molar-refractivity contribution in [3.63, 3.8) is 0 Å². The Kier molecular flexibility index (Phi) is 5.76. The first-order chi connectivity index (χ1) is 9.45. The number of primary amides is 1. The van der Waals surface area contributed by atoms with Gasteiger partial charge in [0.25, 0.3) is 5.91 Å². The molecule has 0 spiro atoms. The van der Waals surface area contributed by atoms with Crippen molar-refractivity contribution in [2.45, 2.75) is 19.8 Å². The van der Waals surface area contributed by atoms with Crippen molar-refractivity contribution in [1.82, 2.24) is 5.32 Å². The zero-order chi connectivity index (χ0) is 15.1. The Morgan fingerprint density at radius 1 is 1.30 bits per heavy atom. The first kappa shape index (κ1) is 15.7. The fraction of sp³-hybridized carbons (Fsp3) is 0.385. The summed E-state index contributed by atoms with van der Waals surface area (Å²) in [5.74, 6) is -1.45. The van der Waals surface area contributed by atoms with Crippen LogP contribution >= 0.6 is 0 Å². The smallest absolute Gasteiger partial charge is 0.250 e. The van der Waals surface area contributed by atoms with Gasteiger partial charge < -0.3 is 22.1 Å². The molecule has 0 saturated carbocycles. The van der Waals surface area contributed by atoms with E-state index in [1.54, 1.807) is 0 Å². The van der Waals surface area contributed by atoms with Crippen LogP contribution in [-0.2, 0) is 4.79 Å². The molecule has 0 aliphatic heterocycles. The molecule has 0 saturated heterocycles. The summed E-state index contributed by atoms with van der Waals surface area (Å²) >= 11 is 0. The summed E-state index contributed by atoms with van der Waals surface area (Å²) in [6.45, 7) is 2.81. The summed E-state index contributed by atoms with van der Waals surface area (Å²) in [6.07, 6.45) is 1.06. The van der Waals surface area contributed by atoms with Gasteiger partial charge in [-0.2, -0.15) is 0 Å². The van der Waals surface area contributed by atoms with Gasteiger partial charge in [-0.3, -0.25) is 9.59 Å². The molecule has 0 aromatic heterocycles. The number of benzene rings is 1. The normalized spacial score (nSPS) is 10.1. The van der Waals surface area contributed by atoms with Crippen molar-refractivity contribution in [3.05, 3.63) is 23.5 Å². The van der Waals surface area contributed by atoms with Gasteiger partial charge >= 0.3 is 0 Å². The average molecular weight is 282 g/mol. The molecule has 20 heavy (non-hydrogen) atoms. The van der Waals surface area contributed by atoms with Crippen molar-refractivity contribution in [3.8, 4) is 0 Å². The van der Waals surface area contributed by atoms with Crippen LogP contribution in [0.3, 0.4) is 0 Å². The number of hydrogen-bond donors (Lipinski definition) is 4. The third-order valence-electron chi connectivity index (χ3n) is 2.64. The van der Waals surface area contributed by atoms with Gasteiger partial charge in [-0.05, 0) is 18.6 Å². The van der Waals surface area contributed by atoms with E-state index < -0.39 is 11.7 Å². The van der Waals surface area contributed by atoms with Crippen LogP contribution in [0.15, 0.2) is 12.1 Å². The van der Waals surface area contributed by atoms with E-state index in [0.717, 1.165) is 12.5 Å². The highest BCUT2D eigenvalue weighted by molar-refractivity contribution is 5.99. The van der Waals surface area contributed by atoms with Gasteiger partial charge in [0.05, 0.1) is 11.3 Å². The van der Waals surface area contributed by atoms with Crippen molar-refractivity contribution in [2.75, 3.05) is 24.1 Å². The summed E-state index contributed by atoms with van der Waals surface area (Å²) in [5.41, 5.74) is 10.7. The maximum Gasteiger partial charge on any atom is 0.250 e. The number of hydrogen-bond acceptors (Lipinski definition) is 4. The van der Waals surface area contributed by atoms with E-state index in [1.807, 2.05) is 6.92 Å². The van der Waals surface area contributed by atoms with Gasteiger partial charge in [-0.15, -0.1) is 0 Å². The van der Waals surface area contributed by atoms with E-state index in [4.69, 9.17) is 11.5 Å². The number of halogens is 1. The molecule has 7 heteroatoms. The molecule has 0 heterocycles. The zero-order valence-electron chi connectivity index (χ0n) is 11.3. The maximum atomic E-state index is 13.6. The monoisotopic (exact) mass is 282 g/mol. The Bertz CT molecular complexity index is 505. The predicted octanol–water partition coefficient (Wildman–Crippen LogP) is 0.835. The van der Waals surface area contributed by atoms with Crippen LogP contribution < -0.4 is 22.1 Å². The van der Waals surface area contributed by atoms with Crippen LogP contribution in [0, 0.1) is 5.82 Å². The third kappa shape index (κ3) is 4.42. The van der Waals surface area contributed by atoms with Gasteiger partial charge in [0.1, 0.15) is 5.82 Å². The fourth-order valence-electron chi connectivity index (χ4n) is 1.60. The molecule has 0 unspecified atom stereocenters. The number of carbonyl (C=O) groups excluding carboxylic acids is 2. The lowest BCUT2D eigenvalue weighted by atomic mass is 10.1. The molecule has 1 rings (SSSR count). The Balaban J connectivity index is 2.62. The van der Waals surface area contributed by atoms with Crippen molar-refractivity contribution < 1.29 is 14.0 Å². The molecule has 6 N–H and O–H groups in total. The van der Waals surface area contributed by atoms with Crippen LogP contribution in [0.5, 0.6) is 0 Å². The first-order valence-corrected chi connectivity index (χ1v) is 6.35. The Morgan fingerprint density at radius 3 is 2.60 bits per heavy atom. The average Bonchev–Trinajstić information content (AvgIpc) is 2.38. The molecular formula is C13H19FN4O2. The number of carbonyl (C=O) groups is 2. The highest BCUT2D eigenvalue weighted by atomic mass is 19.1. The van der Waals surface area contributed by atoms with E-state index >= 15 is 0 Å². The Morgan fingerprint density at radius 2 is 2.00 bits per heavy atom. The number of nitrogens with two attached hydrogens (primary N) is 2. The number of amides is 2. The summed E-state index contributed by atoms with van der Waals surface area (Å²) in [4.78, 5) is 22.5. The maximum absolute atomic E-state index is 13.6. The van der Waals surface area contributed by atoms with Crippen LogP contribution in [0.2, 0.25) is 0 Å². The molecular weight excluding hydrogens is 263 g/mol. The lowest BCUT2D eigenvalue weighted by molar-refractivity contribution is -0.120. The fourth-order valence-corrected chi connectivity index (χ4v) is 1.60. The van der Waals surface area contributed by atoms with E-state index in [0.29, 0.717) is 6.54 Å². The predicted molar refractivity (Wildman–Crippen MR) is 75.7 cm³/mol. The molecule has 6 nitrogen and oxygen atoms in total. The van der Waals surface area contributed by atoms with Gasteiger partial charge in [0.15, 0.2) is 0 Å². The molecule has 110 valence electrons. The van der Waals surface area contributed by atoms with Crippen LogP contribution in [0.4, 0.5) is 15.8 Å². The molecule has 0 aliphatic carbocycles. The summed E-state index contributed by atoms with van der Waals surface area (Å²) in [5, 5.41) is 5.45. The number of anilines is 2. The van der Waals surface area contributed by atoms with Crippen molar-refractivity contribution in [1.29, 1.82) is 0 Å². The van der Waals surface area contributed by atoms with Gasteiger partial charge in [0.2, 0.25) is 5.91 Å². The highest BCUT2D eigenvalue weighted by Crippen LogP contribution is 2.21. The lowest BCUT2D eigenvalue weighted by Gasteiger charge is -2.10. The SMILES string of the molecule is CCCNC(=O)CCNc1cc(C(N)=O)c(N)cc1F. The third-order valence-corrected chi connectivity index (χ3v) is 2.64. The Hall–Kier alpha value is -2.31. The molecule has 0 aliphatic rings. The molecule has 0 fully saturated rings. The van der Waals surface area contributed by atoms with Crippen molar-refractivity contribution >= 4 is 23.2 Å². The van der Waals surface area contributed by atoms with Crippen LogP contribution in [0.25, 0.3) is 0 Å². The van der Waals surface area contributed by atoms with E-state index in [1.165, 1.54) is 6.07 Å². The molecule has 2 amide bonds. The van der Waals surface area contributed by atoms with Gasteiger partial charge in [0, 0.05) is 25.2 Å². The second-order valence-corrected chi connectivity index (χ2v) is 4.31. The minimum Gasteiger partial charge on any atom is -0.398 e. The summed E-state index contributed by atoms with van der Waals surface area (Å²) in [7, 11) is 0. The number of nitrogens with one attached hydrogen (secondary N) is 2. The second kappa shape index (κ2) is 7.32. The van der Waals surface area contributed by atoms with Gasteiger partial charge in [-0.25, -0.2) is 4.39 Å². The van der Waals surface area contributed by atoms with Gasteiger partial charge in [-0.1, -0.05) is 6.92 Å². The summed E-state index contributed by atoms with van der Waals surface area (Å²) < 4.78 is 13.6. The quantitative estimate of drug-likeness (QED) is 0.555. The van der Waals surface area contributed by atoms with E-state index in [2.05, 4.69) is 10.6 Å². The van der Waals surface area contributed by atoms with E-state index in [-0.39, 0.29) is 35.8 Å². The lowest BCUT2D eigenvalue weighted by Crippen LogP contribution is -2.26.